The number of carbonyl (C=O) groups excluding carboxylic acids is 1. The molecule has 0 unspecified atom stereocenters. The van der Waals surface area contributed by atoms with Crippen LogP contribution in [0, 0.1) is 0 Å². The predicted octanol–water partition coefficient (Wildman–Crippen LogP) is 1.85. The van der Waals surface area contributed by atoms with Crippen LogP contribution in [-0.4, -0.2) is 22.6 Å². The summed E-state index contributed by atoms with van der Waals surface area (Å²) >= 11 is 0. The van der Waals surface area contributed by atoms with Crippen molar-refractivity contribution in [1.82, 2.24) is 5.32 Å². The van der Waals surface area contributed by atoms with Crippen molar-refractivity contribution in [3.63, 3.8) is 0 Å². The Morgan fingerprint density at radius 1 is 1.43 bits per heavy atom. The monoisotopic (exact) mass is 292 g/mol. The summed E-state index contributed by atoms with van der Waals surface area (Å²) in [6.07, 6.45) is 0.384. The summed E-state index contributed by atoms with van der Waals surface area (Å²) < 4.78 is 5.88. The van der Waals surface area contributed by atoms with E-state index in [0.717, 1.165) is 5.56 Å². The molecule has 1 heterocycles. The van der Waals surface area contributed by atoms with Crippen molar-refractivity contribution in [3.05, 3.63) is 23.8 Å². The Labute approximate surface area is 123 Å². The molecule has 0 fully saturated rings. The number of hydrogen-bond acceptors (Lipinski definition) is 4. The number of rotatable bonds is 4. The second-order valence-corrected chi connectivity index (χ2v) is 5.88. The number of aliphatic carboxylic acids is 1. The van der Waals surface area contributed by atoms with Crippen molar-refractivity contribution >= 4 is 17.6 Å². The molecule has 21 heavy (non-hydrogen) atoms. The van der Waals surface area contributed by atoms with Crippen molar-refractivity contribution < 1.29 is 19.4 Å². The lowest BCUT2D eigenvalue weighted by molar-refractivity contribution is -0.139. The maximum atomic E-state index is 11.9. The average molecular weight is 292 g/mol. The minimum atomic E-state index is -0.984. The Morgan fingerprint density at radius 3 is 2.81 bits per heavy atom. The molecule has 1 aromatic rings. The van der Waals surface area contributed by atoms with Crippen LogP contribution < -0.4 is 15.8 Å². The van der Waals surface area contributed by atoms with E-state index in [0.29, 0.717) is 17.9 Å². The third-order valence-corrected chi connectivity index (χ3v) is 3.39. The van der Waals surface area contributed by atoms with Gasteiger partial charge in [0, 0.05) is 24.1 Å². The number of carboxylic acids is 1. The van der Waals surface area contributed by atoms with Gasteiger partial charge in [-0.05, 0) is 32.0 Å². The molecule has 0 spiro atoms. The Balaban J connectivity index is 2.17. The molecule has 1 amide bonds. The molecule has 0 bridgehead atoms. The maximum absolute atomic E-state index is 11.9. The smallest absolute Gasteiger partial charge is 0.303 e. The summed E-state index contributed by atoms with van der Waals surface area (Å²) in [6.45, 7) is 3.89. The second kappa shape index (κ2) is 5.63. The van der Waals surface area contributed by atoms with Gasteiger partial charge in [0.15, 0.2) is 0 Å². The van der Waals surface area contributed by atoms with E-state index in [4.69, 9.17) is 15.6 Å². The first-order valence-corrected chi connectivity index (χ1v) is 6.86. The fourth-order valence-corrected chi connectivity index (χ4v) is 2.49. The molecule has 1 aliphatic heterocycles. The normalized spacial score (nSPS) is 19.2. The number of nitrogens with one attached hydrogen (secondary N) is 1. The summed E-state index contributed by atoms with van der Waals surface area (Å²) in [4.78, 5) is 22.4. The lowest BCUT2D eigenvalue weighted by Gasteiger charge is -2.38. The Morgan fingerprint density at radius 2 is 2.14 bits per heavy atom. The van der Waals surface area contributed by atoms with Crippen LogP contribution in [0.25, 0.3) is 0 Å². The zero-order chi connectivity index (χ0) is 15.6. The molecule has 2 rings (SSSR count). The Hall–Kier alpha value is -2.24. The number of hydrogen-bond donors (Lipinski definition) is 3. The lowest BCUT2D eigenvalue weighted by atomic mass is 9.89. The minimum absolute atomic E-state index is 0.0369. The first-order valence-electron chi connectivity index (χ1n) is 6.86. The first-order chi connectivity index (χ1) is 9.77. The van der Waals surface area contributed by atoms with Gasteiger partial charge in [0.2, 0.25) is 5.91 Å². The van der Waals surface area contributed by atoms with E-state index in [1.54, 1.807) is 18.2 Å². The van der Waals surface area contributed by atoms with E-state index in [-0.39, 0.29) is 24.8 Å². The molecule has 0 aromatic heterocycles. The van der Waals surface area contributed by atoms with Gasteiger partial charge in [0.1, 0.15) is 11.4 Å². The highest BCUT2D eigenvalue weighted by molar-refractivity contribution is 5.81. The van der Waals surface area contributed by atoms with Crippen LogP contribution in [0.3, 0.4) is 0 Å². The molecular weight excluding hydrogens is 272 g/mol. The summed E-state index contributed by atoms with van der Waals surface area (Å²) in [6, 6.07) is 5.10. The number of ether oxygens (including phenoxy) is 1. The highest BCUT2D eigenvalue weighted by Crippen LogP contribution is 2.40. The molecule has 114 valence electrons. The van der Waals surface area contributed by atoms with Gasteiger partial charge in [0.25, 0.3) is 0 Å². The van der Waals surface area contributed by atoms with E-state index in [9.17, 15) is 9.59 Å². The zero-order valence-corrected chi connectivity index (χ0v) is 12.2. The van der Waals surface area contributed by atoms with E-state index in [1.165, 1.54) is 0 Å². The van der Waals surface area contributed by atoms with Crippen LogP contribution in [0.4, 0.5) is 5.69 Å². The number of nitrogen functional groups attached to an aromatic ring is 1. The maximum Gasteiger partial charge on any atom is 0.303 e. The van der Waals surface area contributed by atoms with Gasteiger partial charge in [-0.15, -0.1) is 0 Å². The molecular formula is C15H20N2O4. The van der Waals surface area contributed by atoms with Gasteiger partial charge >= 0.3 is 5.97 Å². The highest BCUT2D eigenvalue weighted by atomic mass is 16.5. The first kappa shape index (κ1) is 15.2. The van der Waals surface area contributed by atoms with Crippen LogP contribution in [0.1, 0.15) is 44.7 Å². The Bertz CT molecular complexity index is 569. The number of carboxylic acid groups (broad SMARTS) is 1. The third-order valence-electron chi connectivity index (χ3n) is 3.39. The topological polar surface area (TPSA) is 102 Å². The molecule has 0 aliphatic carbocycles. The zero-order valence-electron chi connectivity index (χ0n) is 12.2. The standard InChI is InChI=1S/C15H20N2O4/c1-15(2)8-11(17-13(18)5-6-14(19)20)10-7-9(16)3-4-12(10)21-15/h3-4,7,11H,5-6,8,16H2,1-2H3,(H,17,18)(H,19,20)/t11-/m0/s1. The van der Waals surface area contributed by atoms with Gasteiger partial charge in [0.05, 0.1) is 12.5 Å². The van der Waals surface area contributed by atoms with Crippen molar-refractivity contribution in [2.45, 2.75) is 44.8 Å². The largest absolute Gasteiger partial charge is 0.487 e. The van der Waals surface area contributed by atoms with E-state index < -0.39 is 11.6 Å². The van der Waals surface area contributed by atoms with Gasteiger partial charge in [-0.3, -0.25) is 9.59 Å². The fourth-order valence-electron chi connectivity index (χ4n) is 2.49. The SMILES string of the molecule is CC1(C)C[C@H](NC(=O)CCC(=O)O)c2cc(N)ccc2O1. The highest BCUT2D eigenvalue weighted by Gasteiger charge is 2.34. The summed E-state index contributed by atoms with van der Waals surface area (Å²) in [7, 11) is 0. The average Bonchev–Trinajstić information content (AvgIpc) is 2.36. The fraction of sp³-hybridized carbons (Fsp3) is 0.467. The molecule has 4 N–H and O–H groups in total. The van der Waals surface area contributed by atoms with Crippen molar-refractivity contribution in [2.75, 3.05) is 5.73 Å². The molecule has 0 radical (unpaired) electrons. The van der Waals surface area contributed by atoms with Gasteiger partial charge in [-0.1, -0.05) is 0 Å². The van der Waals surface area contributed by atoms with Gasteiger partial charge < -0.3 is 20.9 Å². The number of benzene rings is 1. The van der Waals surface area contributed by atoms with Crippen molar-refractivity contribution in [2.24, 2.45) is 0 Å². The van der Waals surface area contributed by atoms with E-state index >= 15 is 0 Å². The van der Waals surface area contributed by atoms with Gasteiger partial charge in [-0.2, -0.15) is 0 Å². The van der Waals surface area contributed by atoms with Crippen molar-refractivity contribution in [1.29, 1.82) is 0 Å². The molecule has 1 aromatic carbocycles. The van der Waals surface area contributed by atoms with Crippen molar-refractivity contribution in [3.8, 4) is 5.75 Å². The van der Waals surface area contributed by atoms with E-state index in [1.807, 2.05) is 13.8 Å². The Kier molecular flexibility index (Phi) is 4.06. The summed E-state index contributed by atoms with van der Waals surface area (Å²) in [5.41, 5.74) is 6.82. The number of anilines is 1. The van der Waals surface area contributed by atoms with Crippen LogP contribution in [0.5, 0.6) is 5.75 Å². The minimum Gasteiger partial charge on any atom is -0.487 e. The quantitative estimate of drug-likeness (QED) is 0.735. The number of fused-ring (bicyclic) bond motifs is 1. The lowest BCUT2D eigenvalue weighted by Crippen LogP contribution is -2.41. The molecule has 1 atom stereocenters. The summed E-state index contributed by atoms with van der Waals surface area (Å²) in [5.74, 6) is -0.570. The van der Waals surface area contributed by atoms with Crippen LogP contribution >= 0.6 is 0 Å². The number of carbonyl (C=O) groups is 2. The number of amides is 1. The predicted molar refractivity (Wildman–Crippen MR) is 77.9 cm³/mol. The van der Waals surface area contributed by atoms with Gasteiger partial charge in [-0.25, -0.2) is 0 Å². The third kappa shape index (κ3) is 3.87. The van der Waals surface area contributed by atoms with Crippen LogP contribution in [0.2, 0.25) is 0 Å². The molecule has 1 aliphatic rings. The second-order valence-electron chi connectivity index (χ2n) is 5.88. The number of nitrogens with two attached hydrogens (primary N) is 1. The van der Waals surface area contributed by atoms with Crippen LogP contribution in [0.15, 0.2) is 18.2 Å². The molecule has 0 saturated carbocycles. The molecule has 0 saturated heterocycles. The molecule has 6 nitrogen and oxygen atoms in total. The summed E-state index contributed by atoms with van der Waals surface area (Å²) in [5, 5.41) is 11.5. The van der Waals surface area contributed by atoms with E-state index in [2.05, 4.69) is 5.32 Å². The molecule has 6 heteroatoms. The van der Waals surface area contributed by atoms with Crippen LogP contribution in [-0.2, 0) is 9.59 Å².